The van der Waals surface area contributed by atoms with Crippen LogP contribution in [-0.2, 0) is 16.1 Å². The number of ether oxygens (including phenoxy) is 1. The van der Waals surface area contributed by atoms with Gasteiger partial charge in [-0.1, -0.05) is 23.7 Å². The Hall–Kier alpha value is -1.10. The van der Waals surface area contributed by atoms with Gasteiger partial charge in [0, 0.05) is 43.7 Å². The van der Waals surface area contributed by atoms with Crippen LogP contribution in [0.2, 0.25) is 5.02 Å². The van der Waals surface area contributed by atoms with Gasteiger partial charge in [-0.05, 0) is 44.4 Å². The summed E-state index contributed by atoms with van der Waals surface area (Å²) in [5.41, 5.74) is 1.14. The summed E-state index contributed by atoms with van der Waals surface area (Å²) in [6, 6.07) is 8.27. The normalized spacial score (nSPS) is 29.5. The van der Waals surface area contributed by atoms with E-state index in [0.29, 0.717) is 19.0 Å². The van der Waals surface area contributed by atoms with E-state index in [-0.39, 0.29) is 18.1 Å². The van der Waals surface area contributed by atoms with Crippen LogP contribution in [-0.4, -0.2) is 53.6 Å². The highest BCUT2D eigenvalue weighted by atomic mass is 35.5. The van der Waals surface area contributed by atoms with Gasteiger partial charge in [0.25, 0.3) is 0 Å². The molecule has 1 amide bonds. The summed E-state index contributed by atoms with van der Waals surface area (Å²) in [4.78, 5) is 17.0. The number of likely N-dealkylation sites (tertiary alicyclic amines) is 1. The Morgan fingerprint density at radius 3 is 2.46 bits per heavy atom. The zero-order valence-corrected chi connectivity index (χ0v) is 15.3. The minimum Gasteiger partial charge on any atom is -0.373 e. The summed E-state index contributed by atoms with van der Waals surface area (Å²) in [6.07, 6.45) is 3.18. The first-order valence-corrected chi connectivity index (χ1v) is 9.31. The Bertz CT molecular complexity index is 553. The molecule has 3 rings (SSSR count). The summed E-state index contributed by atoms with van der Waals surface area (Å²) in [5, 5.41) is 0.733. The number of halogens is 1. The van der Waals surface area contributed by atoms with E-state index in [1.807, 2.05) is 29.2 Å². The molecule has 1 aromatic carbocycles. The van der Waals surface area contributed by atoms with Crippen molar-refractivity contribution in [1.29, 1.82) is 0 Å². The first kappa shape index (κ1) is 17.7. The summed E-state index contributed by atoms with van der Waals surface area (Å²) in [6.45, 7) is 7.72. The number of carbonyl (C=O) groups is 1. The number of hydrogen-bond acceptors (Lipinski definition) is 3. The van der Waals surface area contributed by atoms with Crippen LogP contribution in [0.5, 0.6) is 0 Å². The third-order valence-corrected chi connectivity index (χ3v) is 5.28. The van der Waals surface area contributed by atoms with Crippen molar-refractivity contribution in [3.05, 3.63) is 34.9 Å². The minimum atomic E-state index is 0.266. The summed E-state index contributed by atoms with van der Waals surface area (Å²) in [5.74, 6) is 0.266. The molecular weight excluding hydrogens is 324 g/mol. The molecule has 4 nitrogen and oxygen atoms in total. The van der Waals surface area contributed by atoms with Crippen LogP contribution in [0.25, 0.3) is 0 Å². The molecule has 0 N–H and O–H groups in total. The van der Waals surface area contributed by atoms with Crippen LogP contribution in [0.15, 0.2) is 24.3 Å². The van der Waals surface area contributed by atoms with Gasteiger partial charge < -0.3 is 9.64 Å². The van der Waals surface area contributed by atoms with Crippen molar-refractivity contribution in [3.63, 3.8) is 0 Å². The maximum atomic E-state index is 12.5. The van der Waals surface area contributed by atoms with Crippen LogP contribution in [0, 0.1) is 0 Å². The molecule has 1 aromatic rings. The minimum absolute atomic E-state index is 0.266. The number of amides is 1. The third-order valence-electron chi connectivity index (χ3n) is 5.03. The molecule has 2 fully saturated rings. The molecule has 0 radical (unpaired) electrons. The van der Waals surface area contributed by atoms with Gasteiger partial charge in [-0.15, -0.1) is 0 Å². The standard InChI is InChI=1S/C19H27ClN2O2/c1-14-11-22(12-15(2)24-14)18-7-8-19(23)21(10-9-18)13-16-3-5-17(20)6-4-16/h3-6,14-15,18H,7-13H2,1-2H3/t14-,15+,18?. The number of rotatable bonds is 3. The zero-order chi connectivity index (χ0) is 17.1. The number of carbonyl (C=O) groups excluding carboxylic acids is 1. The van der Waals surface area contributed by atoms with Gasteiger partial charge in [0.2, 0.25) is 5.91 Å². The molecule has 0 spiro atoms. The highest BCUT2D eigenvalue weighted by molar-refractivity contribution is 6.30. The second-order valence-electron chi connectivity index (χ2n) is 7.13. The first-order chi connectivity index (χ1) is 11.5. The Kier molecular flexibility index (Phi) is 5.80. The summed E-state index contributed by atoms with van der Waals surface area (Å²) < 4.78 is 5.84. The fourth-order valence-electron chi connectivity index (χ4n) is 3.88. The van der Waals surface area contributed by atoms with Crippen LogP contribution in [0.3, 0.4) is 0 Å². The van der Waals surface area contributed by atoms with Crippen LogP contribution in [0.4, 0.5) is 0 Å². The first-order valence-electron chi connectivity index (χ1n) is 8.93. The van der Waals surface area contributed by atoms with E-state index in [0.717, 1.165) is 43.1 Å². The molecule has 2 saturated heterocycles. The van der Waals surface area contributed by atoms with Crippen molar-refractivity contribution in [1.82, 2.24) is 9.80 Å². The topological polar surface area (TPSA) is 32.8 Å². The summed E-state index contributed by atoms with van der Waals surface area (Å²) >= 11 is 5.94. The van der Waals surface area contributed by atoms with Crippen molar-refractivity contribution < 1.29 is 9.53 Å². The highest BCUT2D eigenvalue weighted by Crippen LogP contribution is 2.23. The largest absolute Gasteiger partial charge is 0.373 e. The Balaban J connectivity index is 1.60. The number of benzene rings is 1. The zero-order valence-electron chi connectivity index (χ0n) is 14.6. The van der Waals surface area contributed by atoms with Crippen molar-refractivity contribution in [2.24, 2.45) is 0 Å². The molecule has 132 valence electrons. The maximum Gasteiger partial charge on any atom is 0.222 e. The fraction of sp³-hybridized carbons (Fsp3) is 0.632. The predicted molar refractivity (Wildman–Crippen MR) is 96.1 cm³/mol. The van der Waals surface area contributed by atoms with E-state index >= 15 is 0 Å². The van der Waals surface area contributed by atoms with Crippen molar-refractivity contribution in [2.75, 3.05) is 19.6 Å². The third kappa shape index (κ3) is 4.50. The van der Waals surface area contributed by atoms with E-state index in [4.69, 9.17) is 16.3 Å². The molecule has 2 heterocycles. The van der Waals surface area contributed by atoms with Gasteiger partial charge in [0.1, 0.15) is 0 Å². The molecule has 0 bridgehead atoms. The van der Waals surface area contributed by atoms with E-state index in [2.05, 4.69) is 18.7 Å². The fourth-order valence-corrected chi connectivity index (χ4v) is 4.01. The van der Waals surface area contributed by atoms with Gasteiger partial charge in [-0.25, -0.2) is 0 Å². The van der Waals surface area contributed by atoms with E-state index < -0.39 is 0 Å². The lowest BCUT2D eigenvalue weighted by molar-refractivity contribution is -0.131. The van der Waals surface area contributed by atoms with Gasteiger partial charge >= 0.3 is 0 Å². The van der Waals surface area contributed by atoms with E-state index in [1.54, 1.807) is 0 Å². The lowest BCUT2D eigenvalue weighted by Gasteiger charge is -2.40. The SMILES string of the molecule is C[C@@H]1CN(C2CCC(=O)N(Cc3ccc(Cl)cc3)CC2)C[C@H](C)O1. The van der Waals surface area contributed by atoms with Crippen molar-refractivity contribution in [3.8, 4) is 0 Å². The van der Waals surface area contributed by atoms with Crippen LogP contribution in [0.1, 0.15) is 38.7 Å². The maximum absolute atomic E-state index is 12.5. The van der Waals surface area contributed by atoms with Gasteiger partial charge in [0.05, 0.1) is 12.2 Å². The summed E-state index contributed by atoms with van der Waals surface area (Å²) in [7, 11) is 0. The molecule has 0 saturated carbocycles. The Labute approximate surface area is 149 Å². The predicted octanol–water partition coefficient (Wildman–Crippen LogP) is 3.33. The molecular formula is C19H27ClN2O2. The molecule has 1 unspecified atom stereocenters. The average molecular weight is 351 g/mol. The second-order valence-corrected chi connectivity index (χ2v) is 7.57. The van der Waals surface area contributed by atoms with Crippen LogP contribution < -0.4 is 0 Å². The number of morpholine rings is 1. The van der Waals surface area contributed by atoms with Crippen LogP contribution >= 0.6 is 11.6 Å². The molecule has 0 aliphatic carbocycles. The Morgan fingerprint density at radius 1 is 1.12 bits per heavy atom. The highest BCUT2D eigenvalue weighted by Gasteiger charge is 2.31. The van der Waals surface area contributed by atoms with Gasteiger partial charge in [-0.2, -0.15) is 0 Å². The van der Waals surface area contributed by atoms with Gasteiger partial charge in [0.15, 0.2) is 0 Å². The molecule has 2 aliphatic heterocycles. The second kappa shape index (κ2) is 7.85. The van der Waals surface area contributed by atoms with E-state index in [1.165, 1.54) is 0 Å². The van der Waals surface area contributed by atoms with Gasteiger partial charge in [-0.3, -0.25) is 9.69 Å². The average Bonchev–Trinajstić information content (AvgIpc) is 2.71. The smallest absolute Gasteiger partial charge is 0.222 e. The lowest BCUT2D eigenvalue weighted by atomic mass is 10.0. The van der Waals surface area contributed by atoms with Crippen molar-refractivity contribution in [2.45, 2.75) is 57.9 Å². The monoisotopic (exact) mass is 350 g/mol. The molecule has 0 aromatic heterocycles. The molecule has 2 aliphatic rings. The van der Waals surface area contributed by atoms with Crippen molar-refractivity contribution >= 4 is 17.5 Å². The van der Waals surface area contributed by atoms with E-state index in [9.17, 15) is 4.79 Å². The molecule has 3 atom stereocenters. The molecule has 5 heteroatoms. The number of hydrogen-bond donors (Lipinski definition) is 0. The lowest BCUT2D eigenvalue weighted by Crippen LogP contribution is -2.50. The number of nitrogens with zero attached hydrogens (tertiary/aromatic N) is 2. The Morgan fingerprint density at radius 2 is 1.79 bits per heavy atom. The molecule has 24 heavy (non-hydrogen) atoms. The quantitative estimate of drug-likeness (QED) is 0.838.